The highest BCUT2D eigenvalue weighted by molar-refractivity contribution is 5.76. The lowest BCUT2D eigenvalue weighted by Gasteiger charge is -2.07. The third-order valence-corrected chi connectivity index (χ3v) is 3.28. The fraction of sp³-hybridized carbons (Fsp3) is 0. The van der Waals surface area contributed by atoms with Crippen molar-refractivity contribution < 1.29 is 10.2 Å². The Balaban J connectivity index is 2.06. The number of phenolic OH excluding ortho intramolecular Hbond substituents is 2. The SMILES string of the molecule is Oc1ccc(-c2cccc(-c3ccccc3O)c2)cc1. The molecule has 0 amide bonds. The van der Waals surface area contributed by atoms with Crippen LogP contribution in [0, 0.1) is 0 Å². The standard InChI is InChI=1S/C18H14O2/c19-16-10-8-13(9-11-16)14-4-3-5-15(12-14)17-6-1-2-7-18(17)20/h1-12,19-20H. The summed E-state index contributed by atoms with van der Waals surface area (Å²) in [4.78, 5) is 0. The molecule has 0 aliphatic heterocycles. The van der Waals surface area contributed by atoms with Crippen LogP contribution < -0.4 is 0 Å². The molecule has 0 unspecified atom stereocenters. The van der Waals surface area contributed by atoms with Gasteiger partial charge in [-0.1, -0.05) is 48.5 Å². The molecule has 2 N–H and O–H groups in total. The second-order valence-electron chi connectivity index (χ2n) is 4.64. The lowest BCUT2D eigenvalue weighted by Crippen LogP contribution is -1.82. The van der Waals surface area contributed by atoms with Gasteiger partial charge in [-0.05, 0) is 41.0 Å². The van der Waals surface area contributed by atoms with Crippen LogP contribution in [0.4, 0.5) is 0 Å². The molecular formula is C18H14O2. The molecule has 0 aromatic heterocycles. The molecule has 0 fully saturated rings. The lowest BCUT2D eigenvalue weighted by atomic mass is 9.98. The van der Waals surface area contributed by atoms with E-state index in [1.807, 2.05) is 54.6 Å². The number of rotatable bonds is 2. The first kappa shape index (κ1) is 12.3. The summed E-state index contributed by atoms with van der Waals surface area (Å²) in [6, 6.07) is 22.3. The predicted octanol–water partition coefficient (Wildman–Crippen LogP) is 4.43. The number of hydrogen-bond donors (Lipinski definition) is 2. The Morgan fingerprint density at radius 2 is 1.25 bits per heavy atom. The van der Waals surface area contributed by atoms with Gasteiger partial charge in [0.2, 0.25) is 0 Å². The normalized spacial score (nSPS) is 10.4. The smallest absolute Gasteiger partial charge is 0.123 e. The average molecular weight is 262 g/mol. The summed E-state index contributed by atoms with van der Waals surface area (Å²) in [6.07, 6.45) is 0. The minimum atomic E-state index is 0.255. The van der Waals surface area contributed by atoms with Gasteiger partial charge in [0.05, 0.1) is 0 Å². The van der Waals surface area contributed by atoms with Crippen LogP contribution in [0.3, 0.4) is 0 Å². The molecule has 2 heteroatoms. The molecule has 3 aromatic carbocycles. The van der Waals surface area contributed by atoms with Crippen molar-refractivity contribution in [3.63, 3.8) is 0 Å². The van der Waals surface area contributed by atoms with E-state index < -0.39 is 0 Å². The highest BCUT2D eigenvalue weighted by atomic mass is 16.3. The first-order valence-electron chi connectivity index (χ1n) is 6.42. The first-order valence-corrected chi connectivity index (χ1v) is 6.42. The number of para-hydroxylation sites is 1. The molecule has 20 heavy (non-hydrogen) atoms. The van der Waals surface area contributed by atoms with Crippen LogP contribution in [0.5, 0.6) is 11.5 Å². The van der Waals surface area contributed by atoms with Gasteiger partial charge in [-0.2, -0.15) is 0 Å². The van der Waals surface area contributed by atoms with Crippen LogP contribution in [0.2, 0.25) is 0 Å². The first-order chi connectivity index (χ1) is 9.74. The molecule has 0 aliphatic rings. The maximum absolute atomic E-state index is 9.93. The molecule has 0 saturated heterocycles. The molecular weight excluding hydrogens is 248 g/mol. The minimum absolute atomic E-state index is 0.255. The van der Waals surface area contributed by atoms with Crippen LogP contribution in [0.25, 0.3) is 22.3 Å². The molecule has 0 aliphatic carbocycles. The van der Waals surface area contributed by atoms with Crippen LogP contribution in [0.15, 0.2) is 72.8 Å². The lowest BCUT2D eigenvalue weighted by molar-refractivity contribution is 0.475. The van der Waals surface area contributed by atoms with Crippen molar-refractivity contribution in [2.24, 2.45) is 0 Å². The Labute approximate surface area is 117 Å². The molecule has 98 valence electrons. The Morgan fingerprint density at radius 1 is 0.550 bits per heavy atom. The van der Waals surface area contributed by atoms with Crippen molar-refractivity contribution in [2.45, 2.75) is 0 Å². The molecule has 0 saturated carbocycles. The van der Waals surface area contributed by atoms with Gasteiger partial charge in [-0.15, -0.1) is 0 Å². The molecule has 0 spiro atoms. The van der Waals surface area contributed by atoms with Gasteiger partial charge in [0.25, 0.3) is 0 Å². The fourth-order valence-electron chi connectivity index (χ4n) is 2.24. The summed E-state index contributed by atoms with van der Waals surface area (Å²) in [5.41, 5.74) is 3.85. The fourth-order valence-corrected chi connectivity index (χ4v) is 2.24. The van der Waals surface area contributed by atoms with E-state index in [-0.39, 0.29) is 11.5 Å². The maximum Gasteiger partial charge on any atom is 0.123 e. The van der Waals surface area contributed by atoms with Crippen molar-refractivity contribution in [1.29, 1.82) is 0 Å². The van der Waals surface area contributed by atoms with E-state index in [1.165, 1.54) is 0 Å². The van der Waals surface area contributed by atoms with Gasteiger partial charge < -0.3 is 10.2 Å². The number of phenols is 2. The molecule has 3 rings (SSSR count). The Kier molecular flexibility index (Phi) is 3.13. The van der Waals surface area contributed by atoms with E-state index in [4.69, 9.17) is 0 Å². The number of hydrogen-bond acceptors (Lipinski definition) is 2. The zero-order valence-corrected chi connectivity index (χ0v) is 10.8. The van der Waals surface area contributed by atoms with E-state index in [9.17, 15) is 10.2 Å². The zero-order chi connectivity index (χ0) is 13.9. The molecule has 3 aromatic rings. The van der Waals surface area contributed by atoms with Gasteiger partial charge in [-0.25, -0.2) is 0 Å². The molecule has 0 bridgehead atoms. The topological polar surface area (TPSA) is 40.5 Å². The summed E-state index contributed by atoms with van der Waals surface area (Å²) in [5, 5.41) is 19.3. The highest BCUT2D eigenvalue weighted by Gasteiger charge is 2.05. The molecule has 2 nitrogen and oxygen atoms in total. The van der Waals surface area contributed by atoms with Crippen LogP contribution in [-0.2, 0) is 0 Å². The maximum atomic E-state index is 9.93. The van der Waals surface area contributed by atoms with Gasteiger partial charge in [-0.3, -0.25) is 0 Å². The van der Waals surface area contributed by atoms with E-state index in [2.05, 4.69) is 0 Å². The minimum Gasteiger partial charge on any atom is -0.508 e. The highest BCUT2D eigenvalue weighted by Crippen LogP contribution is 2.31. The Morgan fingerprint density at radius 3 is 2.00 bits per heavy atom. The second kappa shape index (κ2) is 5.10. The van der Waals surface area contributed by atoms with Gasteiger partial charge in [0.15, 0.2) is 0 Å². The van der Waals surface area contributed by atoms with E-state index in [0.717, 1.165) is 22.3 Å². The van der Waals surface area contributed by atoms with Gasteiger partial charge in [0, 0.05) is 5.56 Å². The van der Waals surface area contributed by atoms with Gasteiger partial charge in [0.1, 0.15) is 11.5 Å². The molecule has 0 heterocycles. The summed E-state index contributed by atoms with van der Waals surface area (Å²) >= 11 is 0. The van der Waals surface area contributed by atoms with Crippen molar-refractivity contribution in [2.75, 3.05) is 0 Å². The van der Waals surface area contributed by atoms with Crippen LogP contribution >= 0.6 is 0 Å². The van der Waals surface area contributed by atoms with Crippen molar-refractivity contribution in [1.82, 2.24) is 0 Å². The van der Waals surface area contributed by atoms with Crippen molar-refractivity contribution in [3.05, 3.63) is 72.8 Å². The number of aromatic hydroxyl groups is 2. The third kappa shape index (κ3) is 2.36. The largest absolute Gasteiger partial charge is 0.508 e. The molecule has 0 atom stereocenters. The van der Waals surface area contributed by atoms with Crippen molar-refractivity contribution in [3.8, 4) is 33.8 Å². The molecule has 0 radical (unpaired) electrons. The Bertz CT molecular complexity index is 730. The van der Waals surface area contributed by atoms with E-state index in [0.29, 0.717) is 0 Å². The monoisotopic (exact) mass is 262 g/mol. The van der Waals surface area contributed by atoms with Crippen LogP contribution in [-0.4, -0.2) is 10.2 Å². The Hall–Kier alpha value is -2.74. The zero-order valence-electron chi connectivity index (χ0n) is 10.8. The summed E-state index contributed by atoms with van der Waals surface area (Å²) in [5.74, 6) is 0.529. The quantitative estimate of drug-likeness (QED) is 0.717. The summed E-state index contributed by atoms with van der Waals surface area (Å²) in [7, 11) is 0. The summed E-state index contributed by atoms with van der Waals surface area (Å²) in [6.45, 7) is 0. The number of benzene rings is 3. The average Bonchev–Trinajstić information content (AvgIpc) is 2.49. The van der Waals surface area contributed by atoms with Crippen molar-refractivity contribution >= 4 is 0 Å². The summed E-state index contributed by atoms with van der Waals surface area (Å²) < 4.78 is 0. The van der Waals surface area contributed by atoms with E-state index in [1.54, 1.807) is 18.2 Å². The third-order valence-electron chi connectivity index (χ3n) is 3.28. The van der Waals surface area contributed by atoms with Crippen LogP contribution in [0.1, 0.15) is 0 Å². The van der Waals surface area contributed by atoms with E-state index >= 15 is 0 Å². The predicted molar refractivity (Wildman–Crippen MR) is 80.6 cm³/mol. The van der Waals surface area contributed by atoms with Gasteiger partial charge >= 0.3 is 0 Å². The second-order valence-corrected chi connectivity index (χ2v) is 4.64.